The van der Waals surface area contributed by atoms with Gasteiger partial charge in [0, 0.05) is 10.5 Å². The van der Waals surface area contributed by atoms with Crippen molar-refractivity contribution in [1.82, 2.24) is 5.43 Å². The van der Waals surface area contributed by atoms with Gasteiger partial charge in [-0.2, -0.15) is 0 Å². The minimum atomic E-state index is 0.218. The number of benzene rings is 1. The van der Waals surface area contributed by atoms with Crippen molar-refractivity contribution in [2.24, 2.45) is 11.8 Å². The number of rotatable bonds is 4. The van der Waals surface area contributed by atoms with Crippen LogP contribution in [-0.4, -0.2) is 0 Å². The molecule has 0 fully saturated rings. The Bertz CT molecular complexity index is 288. The van der Waals surface area contributed by atoms with E-state index in [2.05, 4.69) is 41.3 Å². The van der Waals surface area contributed by atoms with Crippen molar-refractivity contribution < 1.29 is 0 Å². The fourth-order valence-electron chi connectivity index (χ4n) is 1.52. The maximum atomic E-state index is 5.58. The Morgan fingerprint density at radius 3 is 2.57 bits per heavy atom. The predicted molar refractivity (Wildman–Crippen MR) is 63.7 cm³/mol. The molecule has 2 nitrogen and oxygen atoms in total. The van der Waals surface area contributed by atoms with Crippen LogP contribution in [0.15, 0.2) is 28.7 Å². The summed E-state index contributed by atoms with van der Waals surface area (Å²) in [6, 6.07) is 8.41. The number of hydrogen-bond acceptors (Lipinski definition) is 2. The average molecular weight is 257 g/mol. The molecule has 0 aromatic heterocycles. The Labute approximate surface area is 94.0 Å². The third-order valence-electron chi connectivity index (χ3n) is 2.63. The molecule has 0 bridgehead atoms. The summed E-state index contributed by atoms with van der Waals surface area (Å²) < 4.78 is 1.11. The maximum Gasteiger partial charge on any atom is 0.0496 e. The van der Waals surface area contributed by atoms with Crippen molar-refractivity contribution in [3.63, 3.8) is 0 Å². The van der Waals surface area contributed by atoms with E-state index in [-0.39, 0.29) is 6.04 Å². The molecule has 0 radical (unpaired) electrons. The van der Waals surface area contributed by atoms with E-state index in [0.29, 0.717) is 5.92 Å². The van der Waals surface area contributed by atoms with Crippen molar-refractivity contribution in [1.29, 1.82) is 0 Å². The van der Waals surface area contributed by atoms with Crippen LogP contribution in [0.3, 0.4) is 0 Å². The van der Waals surface area contributed by atoms with Crippen LogP contribution in [0.2, 0.25) is 0 Å². The van der Waals surface area contributed by atoms with Gasteiger partial charge in [-0.05, 0) is 17.5 Å². The summed E-state index contributed by atoms with van der Waals surface area (Å²) in [6.07, 6.45) is 1.11. The van der Waals surface area contributed by atoms with Gasteiger partial charge in [0.2, 0.25) is 0 Å². The van der Waals surface area contributed by atoms with Gasteiger partial charge < -0.3 is 0 Å². The molecular weight excluding hydrogens is 240 g/mol. The van der Waals surface area contributed by atoms with Crippen LogP contribution in [-0.2, 0) is 0 Å². The van der Waals surface area contributed by atoms with Gasteiger partial charge in [-0.1, -0.05) is 54.4 Å². The van der Waals surface area contributed by atoms with Crippen molar-refractivity contribution in [2.75, 3.05) is 0 Å². The topological polar surface area (TPSA) is 38.0 Å². The Morgan fingerprint density at radius 2 is 2.07 bits per heavy atom. The van der Waals surface area contributed by atoms with Crippen molar-refractivity contribution >= 4 is 15.9 Å². The van der Waals surface area contributed by atoms with Crippen LogP contribution in [0, 0.1) is 5.92 Å². The molecule has 0 aliphatic carbocycles. The zero-order chi connectivity index (χ0) is 10.6. The van der Waals surface area contributed by atoms with Gasteiger partial charge in [0.25, 0.3) is 0 Å². The Hall–Kier alpha value is -0.380. The molecule has 3 N–H and O–H groups in total. The molecule has 3 heteroatoms. The van der Waals surface area contributed by atoms with E-state index < -0.39 is 0 Å². The first kappa shape index (κ1) is 11.7. The largest absolute Gasteiger partial charge is 0.271 e. The molecule has 0 saturated carbocycles. The van der Waals surface area contributed by atoms with Gasteiger partial charge in [-0.25, -0.2) is 0 Å². The highest BCUT2D eigenvalue weighted by Crippen LogP contribution is 2.29. The van der Waals surface area contributed by atoms with Crippen LogP contribution in [0.1, 0.15) is 31.9 Å². The summed E-state index contributed by atoms with van der Waals surface area (Å²) in [5, 5.41) is 0. The zero-order valence-electron chi connectivity index (χ0n) is 8.63. The Kier molecular flexibility index (Phi) is 4.58. The summed E-state index contributed by atoms with van der Waals surface area (Å²) in [5.41, 5.74) is 4.11. The molecule has 1 rings (SSSR count). The standard InChI is InChI=1S/C11H17BrN2/c1-3-8(2)11(14-13)9-6-4-5-7-10(9)12/h4-8,11,14H,3,13H2,1-2H3. The normalized spacial score (nSPS) is 15.1. The number of halogens is 1. The molecule has 14 heavy (non-hydrogen) atoms. The number of nitrogens with two attached hydrogens (primary N) is 1. The summed E-state index contributed by atoms with van der Waals surface area (Å²) in [7, 11) is 0. The summed E-state index contributed by atoms with van der Waals surface area (Å²) in [6.45, 7) is 4.37. The van der Waals surface area contributed by atoms with E-state index >= 15 is 0 Å². The van der Waals surface area contributed by atoms with E-state index in [1.165, 1.54) is 5.56 Å². The molecular formula is C11H17BrN2. The molecule has 0 amide bonds. The lowest BCUT2D eigenvalue weighted by atomic mass is 9.93. The molecule has 1 aromatic carbocycles. The molecule has 2 unspecified atom stereocenters. The fourth-order valence-corrected chi connectivity index (χ4v) is 2.05. The first-order valence-corrected chi connectivity index (χ1v) is 5.70. The monoisotopic (exact) mass is 256 g/mol. The minimum absolute atomic E-state index is 0.218. The van der Waals surface area contributed by atoms with Gasteiger partial charge in [0.05, 0.1) is 0 Å². The van der Waals surface area contributed by atoms with Crippen LogP contribution in [0.4, 0.5) is 0 Å². The van der Waals surface area contributed by atoms with Gasteiger partial charge in [0.1, 0.15) is 0 Å². The summed E-state index contributed by atoms with van der Waals surface area (Å²) >= 11 is 3.54. The zero-order valence-corrected chi connectivity index (χ0v) is 10.2. The fraction of sp³-hybridized carbons (Fsp3) is 0.455. The van der Waals surface area contributed by atoms with Crippen LogP contribution >= 0.6 is 15.9 Å². The van der Waals surface area contributed by atoms with E-state index in [1.807, 2.05) is 18.2 Å². The minimum Gasteiger partial charge on any atom is -0.271 e. The number of hydrogen-bond donors (Lipinski definition) is 2. The molecule has 0 heterocycles. The first-order chi connectivity index (χ1) is 6.70. The second-order valence-electron chi connectivity index (χ2n) is 3.55. The van der Waals surface area contributed by atoms with Crippen molar-refractivity contribution in [3.05, 3.63) is 34.3 Å². The quantitative estimate of drug-likeness (QED) is 0.642. The molecule has 78 valence electrons. The van der Waals surface area contributed by atoms with E-state index in [9.17, 15) is 0 Å². The van der Waals surface area contributed by atoms with Crippen LogP contribution in [0.25, 0.3) is 0 Å². The highest BCUT2D eigenvalue weighted by Gasteiger charge is 2.17. The Morgan fingerprint density at radius 1 is 1.43 bits per heavy atom. The van der Waals surface area contributed by atoms with Crippen molar-refractivity contribution in [2.45, 2.75) is 26.3 Å². The van der Waals surface area contributed by atoms with Gasteiger partial charge in [0.15, 0.2) is 0 Å². The lowest BCUT2D eigenvalue weighted by Crippen LogP contribution is -2.32. The lowest BCUT2D eigenvalue weighted by molar-refractivity contribution is 0.382. The van der Waals surface area contributed by atoms with Gasteiger partial charge >= 0.3 is 0 Å². The highest BCUT2D eigenvalue weighted by molar-refractivity contribution is 9.10. The molecule has 0 saturated heterocycles. The molecule has 0 spiro atoms. The van der Waals surface area contributed by atoms with Crippen LogP contribution in [0.5, 0.6) is 0 Å². The second kappa shape index (κ2) is 5.49. The van der Waals surface area contributed by atoms with Gasteiger partial charge in [-0.3, -0.25) is 11.3 Å². The third kappa shape index (κ3) is 2.56. The summed E-state index contributed by atoms with van der Waals surface area (Å²) in [5.74, 6) is 6.11. The maximum absolute atomic E-state index is 5.58. The lowest BCUT2D eigenvalue weighted by Gasteiger charge is -2.23. The predicted octanol–water partition coefficient (Wildman–Crippen LogP) is 3.00. The average Bonchev–Trinajstić information content (AvgIpc) is 2.21. The molecule has 0 aliphatic rings. The molecule has 1 aromatic rings. The smallest absolute Gasteiger partial charge is 0.0496 e. The highest BCUT2D eigenvalue weighted by atomic mass is 79.9. The first-order valence-electron chi connectivity index (χ1n) is 4.91. The Balaban J connectivity index is 2.94. The second-order valence-corrected chi connectivity index (χ2v) is 4.41. The van der Waals surface area contributed by atoms with E-state index in [1.54, 1.807) is 0 Å². The third-order valence-corrected chi connectivity index (χ3v) is 3.35. The van der Waals surface area contributed by atoms with Crippen molar-refractivity contribution in [3.8, 4) is 0 Å². The number of nitrogens with one attached hydrogen (secondary N) is 1. The molecule has 2 atom stereocenters. The number of hydrazine groups is 1. The van der Waals surface area contributed by atoms with Crippen LogP contribution < -0.4 is 11.3 Å². The van der Waals surface area contributed by atoms with E-state index in [0.717, 1.165) is 10.9 Å². The van der Waals surface area contributed by atoms with Gasteiger partial charge in [-0.15, -0.1) is 0 Å². The SMILES string of the molecule is CCC(C)C(NN)c1ccccc1Br. The van der Waals surface area contributed by atoms with E-state index in [4.69, 9.17) is 5.84 Å². The summed E-state index contributed by atoms with van der Waals surface area (Å²) in [4.78, 5) is 0. The molecule has 0 aliphatic heterocycles.